The molecule has 2 aromatic carbocycles. The Morgan fingerprint density at radius 2 is 1.89 bits per heavy atom. The molecule has 6 nitrogen and oxygen atoms in total. The summed E-state index contributed by atoms with van der Waals surface area (Å²) in [5, 5.41) is 17.2. The van der Waals surface area contributed by atoms with Crippen molar-refractivity contribution in [2.45, 2.75) is 13.3 Å². The van der Waals surface area contributed by atoms with E-state index in [0.717, 1.165) is 5.56 Å². The van der Waals surface area contributed by atoms with E-state index >= 15 is 0 Å². The lowest BCUT2D eigenvalue weighted by Crippen LogP contribution is -2.12. The van der Waals surface area contributed by atoms with Crippen LogP contribution < -0.4 is 11.1 Å². The molecule has 0 bridgehead atoms. The summed E-state index contributed by atoms with van der Waals surface area (Å²) in [6.07, 6.45) is 0.681. The van der Waals surface area contributed by atoms with Crippen LogP contribution in [0.5, 0.6) is 0 Å². The summed E-state index contributed by atoms with van der Waals surface area (Å²) in [5.41, 5.74) is 7.75. The number of nitrogens with zero attached hydrogens (tertiary/aromatic N) is 3. The van der Waals surface area contributed by atoms with E-state index in [4.69, 9.17) is 5.73 Å². The highest BCUT2D eigenvalue weighted by molar-refractivity contribution is 6.10. The number of benzene rings is 2. The Bertz CT molecular complexity index is 1020. The van der Waals surface area contributed by atoms with Gasteiger partial charge in [0.1, 0.15) is 23.3 Å². The number of rotatable bonds is 7. The van der Waals surface area contributed by atoms with Crippen molar-refractivity contribution in [2.24, 2.45) is 5.73 Å². The van der Waals surface area contributed by atoms with Crippen molar-refractivity contribution in [2.75, 3.05) is 18.4 Å². The van der Waals surface area contributed by atoms with E-state index in [1.807, 2.05) is 19.1 Å². The zero-order valence-electron chi connectivity index (χ0n) is 15.4. The lowest BCUT2D eigenvalue weighted by molar-refractivity contribution is 0.103. The van der Waals surface area contributed by atoms with Gasteiger partial charge in [0.05, 0.1) is 5.69 Å². The van der Waals surface area contributed by atoms with E-state index in [2.05, 4.69) is 16.5 Å². The Morgan fingerprint density at radius 1 is 1.21 bits per heavy atom. The summed E-state index contributed by atoms with van der Waals surface area (Å²) < 4.78 is 14.8. The molecule has 3 N–H and O–H groups in total. The highest BCUT2D eigenvalue weighted by Gasteiger charge is 2.24. The molecule has 0 aliphatic carbocycles. The molecule has 7 heteroatoms. The molecule has 0 atom stereocenters. The van der Waals surface area contributed by atoms with Crippen molar-refractivity contribution in [3.8, 4) is 11.8 Å². The molecule has 142 valence electrons. The molecule has 0 saturated heterocycles. The van der Waals surface area contributed by atoms with Crippen molar-refractivity contribution in [1.82, 2.24) is 9.78 Å². The minimum absolute atomic E-state index is 0.0472. The number of hydrogen-bond donors (Lipinski definition) is 2. The Balaban J connectivity index is 2.10. The van der Waals surface area contributed by atoms with Gasteiger partial charge in [-0.3, -0.25) is 4.79 Å². The summed E-state index contributed by atoms with van der Waals surface area (Å²) in [6.45, 7) is 2.92. The SMILES string of the molecule is Cc1ccc(C(=O)c2nn(-c3ccc(F)cc3)c(NCCCN)c2C#N)cc1. The lowest BCUT2D eigenvalue weighted by atomic mass is 10.0. The van der Waals surface area contributed by atoms with Crippen LogP contribution >= 0.6 is 0 Å². The number of halogens is 1. The summed E-state index contributed by atoms with van der Waals surface area (Å²) >= 11 is 0. The number of nitrogens with two attached hydrogens (primary N) is 1. The topological polar surface area (TPSA) is 96.7 Å². The summed E-state index contributed by atoms with van der Waals surface area (Å²) in [4.78, 5) is 13.0. The van der Waals surface area contributed by atoms with Crippen LogP contribution in [0.4, 0.5) is 10.2 Å². The molecule has 0 radical (unpaired) electrons. The van der Waals surface area contributed by atoms with Gasteiger partial charge >= 0.3 is 0 Å². The largest absolute Gasteiger partial charge is 0.369 e. The number of anilines is 1. The maximum atomic E-state index is 13.3. The molecular weight excluding hydrogens is 357 g/mol. The molecule has 1 heterocycles. The van der Waals surface area contributed by atoms with Crippen LogP contribution in [0.25, 0.3) is 5.69 Å². The predicted molar refractivity (Wildman–Crippen MR) is 105 cm³/mol. The average Bonchev–Trinajstić information content (AvgIpc) is 3.07. The molecule has 0 aliphatic heterocycles. The first-order chi connectivity index (χ1) is 13.5. The van der Waals surface area contributed by atoms with E-state index in [1.54, 1.807) is 12.1 Å². The number of aryl methyl sites for hydroxylation is 1. The Labute approximate surface area is 162 Å². The minimum Gasteiger partial charge on any atom is -0.369 e. The molecule has 0 aliphatic rings. The van der Waals surface area contributed by atoms with Gasteiger partial charge in [-0.05, 0) is 44.2 Å². The monoisotopic (exact) mass is 377 g/mol. The van der Waals surface area contributed by atoms with Gasteiger partial charge in [-0.15, -0.1) is 0 Å². The molecule has 0 amide bonds. The fourth-order valence-electron chi connectivity index (χ4n) is 2.77. The number of carbonyl (C=O) groups is 1. The zero-order valence-corrected chi connectivity index (χ0v) is 15.4. The van der Waals surface area contributed by atoms with E-state index in [-0.39, 0.29) is 22.9 Å². The standard InChI is InChI=1S/C21H20FN5O/c1-14-3-5-15(6-4-14)20(28)19-18(13-24)21(25-12-2-11-23)27(26-19)17-9-7-16(22)8-10-17/h3-10,25H,2,11-12,23H2,1H3. The van der Waals surface area contributed by atoms with E-state index in [0.29, 0.717) is 36.6 Å². The van der Waals surface area contributed by atoms with Crippen LogP contribution in [0.1, 0.15) is 33.6 Å². The first kappa shape index (κ1) is 19.3. The Kier molecular flexibility index (Phi) is 5.82. The second kappa shape index (κ2) is 8.46. The molecule has 3 rings (SSSR count). The molecule has 0 fully saturated rings. The number of aromatic nitrogens is 2. The summed E-state index contributed by atoms with van der Waals surface area (Å²) in [6, 6.07) is 14.8. The second-order valence-corrected chi connectivity index (χ2v) is 6.34. The van der Waals surface area contributed by atoms with Crippen molar-refractivity contribution in [3.63, 3.8) is 0 Å². The van der Waals surface area contributed by atoms with Gasteiger partial charge in [-0.25, -0.2) is 9.07 Å². The van der Waals surface area contributed by atoms with Crippen LogP contribution in [0.2, 0.25) is 0 Å². The maximum Gasteiger partial charge on any atom is 0.214 e. The molecular formula is C21H20FN5O. The number of nitrogens with one attached hydrogen (secondary N) is 1. The van der Waals surface area contributed by atoms with Gasteiger partial charge in [-0.1, -0.05) is 29.8 Å². The molecule has 1 aromatic heterocycles. The zero-order chi connectivity index (χ0) is 20.1. The number of hydrogen-bond acceptors (Lipinski definition) is 5. The first-order valence-electron chi connectivity index (χ1n) is 8.89. The van der Waals surface area contributed by atoms with E-state index in [1.165, 1.54) is 28.9 Å². The van der Waals surface area contributed by atoms with Crippen LogP contribution in [-0.4, -0.2) is 28.7 Å². The van der Waals surface area contributed by atoms with Crippen molar-refractivity contribution in [1.29, 1.82) is 5.26 Å². The van der Waals surface area contributed by atoms with Gasteiger partial charge in [0.2, 0.25) is 5.78 Å². The van der Waals surface area contributed by atoms with Gasteiger partial charge in [0, 0.05) is 12.1 Å². The molecule has 3 aromatic rings. The lowest BCUT2D eigenvalue weighted by Gasteiger charge is -2.09. The fraction of sp³-hybridized carbons (Fsp3) is 0.190. The second-order valence-electron chi connectivity index (χ2n) is 6.34. The predicted octanol–water partition coefficient (Wildman–Crippen LogP) is 3.18. The molecule has 0 saturated carbocycles. The summed E-state index contributed by atoms with van der Waals surface area (Å²) in [5.74, 6) is -0.345. The maximum absolute atomic E-state index is 13.3. The minimum atomic E-state index is -0.384. The van der Waals surface area contributed by atoms with Crippen molar-refractivity contribution >= 4 is 11.6 Å². The number of ketones is 1. The first-order valence-corrected chi connectivity index (χ1v) is 8.89. The fourth-order valence-corrected chi connectivity index (χ4v) is 2.77. The highest BCUT2D eigenvalue weighted by atomic mass is 19.1. The van der Waals surface area contributed by atoms with Crippen molar-refractivity contribution in [3.05, 3.63) is 76.7 Å². The van der Waals surface area contributed by atoms with Crippen LogP contribution in [0, 0.1) is 24.1 Å². The third-order valence-corrected chi connectivity index (χ3v) is 4.27. The summed E-state index contributed by atoms with van der Waals surface area (Å²) in [7, 11) is 0. The number of carbonyl (C=O) groups excluding carboxylic acids is 1. The molecule has 0 unspecified atom stereocenters. The normalized spacial score (nSPS) is 10.5. The van der Waals surface area contributed by atoms with Crippen molar-refractivity contribution < 1.29 is 9.18 Å². The third kappa shape index (κ3) is 3.92. The third-order valence-electron chi connectivity index (χ3n) is 4.27. The highest BCUT2D eigenvalue weighted by Crippen LogP contribution is 2.25. The van der Waals surface area contributed by atoms with Gasteiger partial charge < -0.3 is 11.1 Å². The van der Waals surface area contributed by atoms with Crippen LogP contribution in [-0.2, 0) is 0 Å². The van der Waals surface area contributed by atoms with E-state index in [9.17, 15) is 14.4 Å². The van der Waals surface area contributed by atoms with Gasteiger partial charge in [0.15, 0.2) is 5.69 Å². The molecule has 0 spiro atoms. The average molecular weight is 377 g/mol. The quantitative estimate of drug-likeness (QED) is 0.487. The van der Waals surface area contributed by atoms with Gasteiger partial charge in [-0.2, -0.15) is 10.4 Å². The molecule has 28 heavy (non-hydrogen) atoms. The number of nitriles is 1. The Hall–Kier alpha value is -3.50. The smallest absolute Gasteiger partial charge is 0.214 e. The van der Waals surface area contributed by atoms with Gasteiger partial charge in [0.25, 0.3) is 0 Å². The Morgan fingerprint density at radius 3 is 2.50 bits per heavy atom. The van der Waals surface area contributed by atoms with Crippen LogP contribution in [0.3, 0.4) is 0 Å². The van der Waals surface area contributed by atoms with Crippen LogP contribution in [0.15, 0.2) is 48.5 Å². The van der Waals surface area contributed by atoms with E-state index < -0.39 is 0 Å².